The van der Waals surface area contributed by atoms with E-state index in [2.05, 4.69) is 0 Å². The zero-order valence-corrected chi connectivity index (χ0v) is 25.0. The number of carbonyl (C=O) groups excluding carboxylic acids is 2. The zero-order valence-electron chi connectivity index (χ0n) is 25.0. The number of Topliss-reactive ketones (excluding diaryl/α,β-unsaturated/α-hetero) is 2. The fraction of sp³-hybridized carbons (Fsp3) is 0.222. The van der Waals surface area contributed by atoms with E-state index in [1.165, 1.54) is 36.4 Å². The van der Waals surface area contributed by atoms with Gasteiger partial charge >= 0.3 is 11.9 Å². The molecule has 4 aromatic carbocycles. The predicted octanol–water partition coefficient (Wildman–Crippen LogP) is 5.46. The summed E-state index contributed by atoms with van der Waals surface area (Å²) in [6.07, 6.45) is -0.218. The van der Waals surface area contributed by atoms with E-state index >= 15 is 0 Å². The highest BCUT2D eigenvalue weighted by Gasteiger charge is 2.27. The second-order valence-electron chi connectivity index (χ2n) is 10.9. The molecule has 4 rings (SSSR count). The van der Waals surface area contributed by atoms with Crippen molar-refractivity contribution in [2.24, 2.45) is 23.3 Å². The van der Waals surface area contributed by atoms with Gasteiger partial charge in [-0.1, -0.05) is 84.9 Å². The van der Waals surface area contributed by atoms with Crippen LogP contribution in [0.25, 0.3) is 0 Å². The number of benzene rings is 4. The normalized spacial score (nSPS) is 13.3. The highest BCUT2D eigenvalue weighted by atomic mass is 19.1. The average Bonchev–Trinajstić information content (AvgIpc) is 3.04. The van der Waals surface area contributed by atoms with Gasteiger partial charge in [-0.15, -0.1) is 0 Å². The third-order valence-electron chi connectivity index (χ3n) is 7.35. The number of halogens is 2. The summed E-state index contributed by atoms with van der Waals surface area (Å²) in [5.74, 6) is -5.61. The first-order valence-electron chi connectivity index (χ1n) is 14.6. The summed E-state index contributed by atoms with van der Waals surface area (Å²) in [4.78, 5) is 47.3. The predicted molar refractivity (Wildman–Crippen MR) is 168 cm³/mol. The van der Waals surface area contributed by atoms with Gasteiger partial charge < -0.3 is 21.7 Å². The van der Waals surface area contributed by atoms with E-state index in [0.29, 0.717) is 22.3 Å². The third-order valence-corrected chi connectivity index (χ3v) is 7.35. The first-order chi connectivity index (χ1) is 21.9. The topological polar surface area (TPSA) is 161 Å². The first kappa shape index (κ1) is 35.4. The van der Waals surface area contributed by atoms with Crippen LogP contribution in [0.4, 0.5) is 8.78 Å². The summed E-state index contributed by atoms with van der Waals surface area (Å²) < 4.78 is 26.4. The van der Waals surface area contributed by atoms with Crippen molar-refractivity contribution in [3.05, 3.63) is 143 Å². The molecule has 240 valence electrons. The average molecular weight is 631 g/mol. The van der Waals surface area contributed by atoms with E-state index in [1.807, 2.05) is 12.1 Å². The molecule has 0 saturated heterocycles. The molecule has 4 aromatic rings. The number of ketones is 2. The van der Waals surface area contributed by atoms with Gasteiger partial charge in [0.2, 0.25) is 0 Å². The van der Waals surface area contributed by atoms with Gasteiger partial charge in [-0.2, -0.15) is 0 Å². The molecule has 0 heterocycles. The van der Waals surface area contributed by atoms with E-state index in [4.69, 9.17) is 11.5 Å². The standard InChI is InChI=1S/2C18H18FNO3/c2*19-15-8-4-5-12(10-15)9-14(18(22)23)11-16(21)17(20)13-6-2-1-3-7-13/h2*1-8,10,14,17H,9,11,20H2,(H,22,23)/t14-,17+;14-,17-/m10/s1. The van der Waals surface area contributed by atoms with Crippen molar-refractivity contribution in [3.63, 3.8) is 0 Å². The number of carbonyl (C=O) groups is 4. The Morgan fingerprint density at radius 3 is 1.20 bits per heavy atom. The Hall–Kier alpha value is -5.06. The quantitative estimate of drug-likeness (QED) is 0.143. The molecule has 0 aliphatic carbocycles. The Morgan fingerprint density at radius 2 is 0.891 bits per heavy atom. The highest BCUT2D eigenvalue weighted by molar-refractivity contribution is 5.89. The van der Waals surface area contributed by atoms with Crippen LogP contribution in [0.5, 0.6) is 0 Å². The van der Waals surface area contributed by atoms with Crippen LogP contribution in [0.2, 0.25) is 0 Å². The minimum atomic E-state index is -1.09. The maximum absolute atomic E-state index is 13.2. The molecule has 0 fully saturated rings. The number of carboxylic acids is 2. The van der Waals surface area contributed by atoms with Crippen molar-refractivity contribution in [2.45, 2.75) is 37.8 Å². The Kier molecular flexibility index (Phi) is 13.4. The number of rotatable bonds is 14. The summed E-state index contributed by atoms with van der Waals surface area (Å²) in [7, 11) is 0. The van der Waals surface area contributed by atoms with Crippen LogP contribution in [0, 0.1) is 23.5 Å². The summed E-state index contributed by atoms with van der Waals surface area (Å²) in [5.41, 5.74) is 14.2. The van der Waals surface area contributed by atoms with Crippen molar-refractivity contribution in [1.29, 1.82) is 0 Å². The summed E-state index contributed by atoms with van der Waals surface area (Å²) in [6, 6.07) is 27.3. The molecule has 0 aromatic heterocycles. The molecule has 0 amide bonds. The fourth-order valence-electron chi connectivity index (χ4n) is 4.82. The van der Waals surface area contributed by atoms with Crippen molar-refractivity contribution in [1.82, 2.24) is 0 Å². The van der Waals surface area contributed by atoms with Gasteiger partial charge in [-0.3, -0.25) is 19.2 Å². The van der Waals surface area contributed by atoms with Crippen LogP contribution in [0.3, 0.4) is 0 Å². The van der Waals surface area contributed by atoms with Gasteiger partial charge in [0.25, 0.3) is 0 Å². The van der Waals surface area contributed by atoms with Crippen LogP contribution in [0.15, 0.2) is 109 Å². The monoisotopic (exact) mass is 630 g/mol. The Labute approximate surface area is 265 Å². The molecule has 0 saturated carbocycles. The SMILES string of the molecule is N[C@H](C(=O)C[C@@H](Cc1cccc(F)c1)C(=O)O)c1ccccc1.N[C@H](C(=O)C[C@H](Cc1cccc(F)c1)C(=O)O)c1ccccc1. The molecule has 4 atom stereocenters. The molecule has 10 heteroatoms. The number of hydrogen-bond acceptors (Lipinski definition) is 6. The molecular weight excluding hydrogens is 594 g/mol. The highest BCUT2D eigenvalue weighted by Crippen LogP contribution is 2.21. The van der Waals surface area contributed by atoms with Gasteiger partial charge in [0.05, 0.1) is 23.9 Å². The van der Waals surface area contributed by atoms with Crippen molar-refractivity contribution < 1.29 is 38.2 Å². The maximum Gasteiger partial charge on any atom is 0.307 e. The van der Waals surface area contributed by atoms with E-state index in [9.17, 15) is 38.2 Å². The second kappa shape index (κ2) is 17.4. The van der Waals surface area contributed by atoms with E-state index < -0.39 is 47.5 Å². The van der Waals surface area contributed by atoms with Crippen LogP contribution in [0.1, 0.15) is 47.2 Å². The summed E-state index contributed by atoms with van der Waals surface area (Å²) in [5, 5.41) is 18.6. The number of hydrogen-bond donors (Lipinski definition) is 4. The lowest BCUT2D eigenvalue weighted by Gasteiger charge is -2.15. The molecule has 0 aliphatic rings. The van der Waals surface area contributed by atoms with E-state index in [0.717, 1.165) is 0 Å². The molecule has 6 N–H and O–H groups in total. The molecule has 8 nitrogen and oxygen atoms in total. The van der Waals surface area contributed by atoms with E-state index in [1.54, 1.807) is 60.7 Å². The molecular formula is C36H36F2N2O6. The lowest BCUT2D eigenvalue weighted by atomic mass is 9.90. The van der Waals surface area contributed by atoms with Gasteiger partial charge in [0, 0.05) is 12.8 Å². The lowest BCUT2D eigenvalue weighted by molar-refractivity contribution is -0.144. The first-order valence-corrected chi connectivity index (χ1v) is 14.6. The second-order valence-corrected chi connectivity index (χ2v) is 10.9. The number of aliphatic carboxylic acids is 2. The largest absolute Gasteiger partial charge is 0.481 e. The van der Waals surface area contributed by atoms with Crippen LogP contribution in [-0.2, 0) is 32.0 Å². The molecule has 0 radical (unpaired) electrons. The maximum atomic E-state index is 13.2. The van der Waals surface area contributed by atoms with Crippen LogP contribution in [-0.4, -0.2) is 33.7 Å². The van der Waals surface area contributed by atoms with Crippen molar-refractivity contribution in [2.75, 3.05) is 0 Å². The third kappa shape index (κ3) is 11.1. The zero-order chi connectivity index (χ0) is 33.6. The molecule has 46 heavy (non-hydrogen) atoms. The van der Waals surface area contributed by atoms with Crippen LogP contribution < -0.4 is 11.5 Å². The molecule has 0 spiro atoms. The molecule has 0 unspecified atom stereocenters. The Balaban J connectivity index is 0.000000250. The van der Waals surface area contributed by atoms with Gasteiger partial charge in [-0.25, -0.2) is 8.78 Å². The summed E-state index contributed by atoms with van der Waals surface area (Å²) >= 11 is 0. The number of nitrogens with two attached hydrogens (primary N) is 2. The van der Waals surface area contributed by atoms with Gasteiger partial charge in [0.15, 0.2) is 11.6 Å². The fourth-order valence-corrected chi connectivity index (χ4v) is 4.82. The summed E-state index contributed by atoms with van der Waals surface area (Å²) in [6.45, 7) is 0. The molecule has 0 aliphatic heterocycles. The lowest BCUT2D eigenvalue weighted by Crippen LogP contribution is -2.27. The Morgan fingerprint density at radius 1 is 0.543 bits per heavy atom. The van der Waals surface area contributed by atoms with Gasteiger partial charge in [-0.05, 0) is 59.4 Å². The minimum Gasteiger partial charge on any atom is -0.481 e. The van der Waals surface area contributed by atoms with Crippen molar-refractivity contribution in [3.8, 4) is 0 Å². The minimum absolute atomic E-state index is 0.0837. The molecule has 0 bridgehead atoms. The smallest absolute Gasteiger partial charge is 0.307 e. The van der Waals surface area contributed by atoms with Crippen molar-refractivity contribution >= 4 is 23.5 Å². The Bertz CT molecular complexity index is 1500. The van der Waals surface area contributed by atoms with E-state index in [-0.39, 0.29) is 37.2 Å². The van der Waals surface area contributed by atoms with Crippen LogP contribution >= 0.6 is 0 Å². The number of carboxylic acid groups (broad SMARTS) is 2. The van der Waals surface area contributed by atoms with Gasteiger partial charge in [0.1, 0.15) is 11.6 Å².